The fourth-order valence-electron chi connectivity index (χ4n) is 1.82. The topological polar surface area (TPSA) is 37.3 Å². The van der Waals surface area contributed by atoms with Crippen LogP contribution in [0.2, 0.25) is 0 Å². The van der Waals surface area contributed by atoms with Crippen LogP contribution in [0.5, 0.6) is 0 Å². The second-order valence-electron chi connectivity index (χ2n) is 3.36. The highest BCUT2D eigenvalue weighted by Gasteiger charge is 2.23. The molecule has 0 aromatic heterocycles. The molecule has 2 unspecified atom stereocenters. The molecule has 1 aliphatic carbocycles. The quantitative estimate of drug-likeness (QED) is 0.495. The number of hydrogen-bond donors (Lipinski definition) is 1. The molecule has 1 saturated carbocycles. The molecule has 0 bridgehead atoms. The maximum absolute atomic E-state index is 10.00. The molecule has 1 N–H and O–H groups in total. The van der Waals surface area contributed by atoms with E-state index in [-0.39, 0.29) is 6.10 Å². The predicted molar refractivity (Wildman–Crippen MR) is 43.3 cm³/mol. The Kier molecular flexibility index (Phi) is 3.57. The van der Waals surface area contributed by atoms with Crippen LogP contribution in [0.3, 0.4) is 0 Å². The van der Waals surface area contributed by atoms with Crippen molar-refractivity contribution >= 4 is 6.29 Å². The minimum atomic E-state index is -0.0818. The first-order valence-corrected chi connectivity index (χ1v) is 4.46. The van der Waals surface area contributed by atoms with Gasteiger partial charge in [0.1, 0.15) is 6.29 Å². The van der Waals surface area contributed by atoms with Gasteiger partial charge in [-0.25, -0.2) is 0 Å². The third-order valence-corrected chi connectivity index (χ3v) is 2.52. The number of aliphatic hydroxyl groups excluding tert-OH is 1. The Morgan fingerprint density at radius 2 is 2.27 bits per heavy atom. The predicted octanol–water partition coefficient (Wildman–Crippen LogP) is 1.52. The standard InChI is InChI=1S/C9H16O2/c10-7-2-1-4-8-5-3-6-9(8)11/h7-9,11H,1-6H2. The number of hydrogen-bond acceptors (Lipinski definition) is 2. The summed E-state index contributed by atoms with van der Waals surface area (Å²) in [5.41, 5.74) is 0. The molecular weight excluding hydrogens is 140 g/mol. The van der Waals surface area contributed by atoms with E-state index < -0.39 is 0 Å². The van der Waals surface area contributed by atoms with Crippen LogP contribution in [-0.2, 0) is 4.79 Å². The number of unbranched alkanes of at least 4 members (excludes halogenated alkanes) is 1. The Balaban J connectivity index is 2.10. The second kappa shape index (κ2) is 4.50. The molecular formula is C9H16O2. The highest BCUT2D eigenvalue weighted by atomic mass is 16.3. The zero-order valence-electron chi connectivity index (χ0n) is 6.83. The molecule has 1 aliphatic rings. The van der Waals surface area contributed by atoms with E-state index in [2.05, 4.69) is 0 Å². The third kappa shape index (κ3) is 2.62. The van der Waals surface area contributed by atoms with Gasteiger partial charge in [0, 0.05) is 6.42 Å². The molecule has 0 aromatic rings. The summed E-state index contributed by atoms with van der Waals surface area (Å²) in [4.78, 5) is 10.00. The summed E-state index contributed by atoms with van der Waals surface area (Å²) in [6.45, 7) is 0. The Morgan fingerprint density at radius 1 is 1.45 bits per heavy atom. The Morgan fingerprint density at radius 3 is 2.82 bits per heavy atom. The summed E-state index contributed by atoms with van der Waals surface area (Å²) in [5.74, 6) is 0.481. The lowest BCUT2D eigenvalue weighted by atomic mass is 9.99. The van der Waals surface area contributed by atoms with Crippen molar-refractivity contribution in [3.05, 3.63) is 0 Å². The highest BCUT2D eigenvalue weighted by molar-refractivity contribution is 5.48. The van der Waals surface area contributed by atoms with Crippen LogP contribution in [0.15, 0.2) is 0 Å². The van der Waals surface area contributed by atoms with Crippen molar-refractivity contribution in [1.82, 2.24) is 0 Å². The monoisotopic (exact) mass is 156 g/mol. The summed E-state index contributed by atoms with van der Waals surface area (Å²) in [6, 6.07) is 0. The largest absolute Gasteiger partial charge is 0.393 e. The molecule has 0 aromatic carbocycles. The van der Waals surface area contributed by atoms with Crippen LogP contribution < -0.4 is 0 Å². The first-order chi connectivity index (χ1) is 5.34. The van der Waals surface area contributed by atoms with Gasteiger partial charge in [-0.15, -0.1) is 0 Å². The number of aliphatic hydroxyl groups is 1. The lowest BCUT2D eigenvalue weighted by molar-refractivity contribution is -0.108. The lowest BCUT2D eigenvalue weighted by Crippen LogP contribution is -2.12. The molecule has 11 heavy (non-hydrogen) atoms. The smallest absolute Gasteiger partial charge is 0.119 e. The highest BCUT2D eigenvalue weighted by Crippen LogP contribution is 2.29. The van der Waals surface area contributed by atoms with Crippen molar-refractivity contribution in [2.75, 3.05) is 0 Å². The van der Waals surface area contributed by atoms with Crippen LogP contribution >= 0.6 is 0 Å². The molecule has 0 radical (unpaired) electrons. The van der Waals surface area contributed by atoms with Gasteiger partial charge in [0.2, 0.25) is 0 Å². The zero-order valence-corrected chi connectivity index (χ0v) is 6.83. The van der Waals surface area contributed by atoms with Crippen molar-refractivity contribution < 1.29 is 9.90 Å². The van der Waals surface area contributed by atoms with E-state index in [4.69, 9.17) is 0 Å². The van der Waals surface area contributed by atoms with Crippen molar-refractivity contribution in [3.8, 4) is 0 Å². The first-order valence-electron chi connectivity index (χ1n) is 4.46. The van der Waals surface area contributed by atoms with Crippen molar-refractivity contribution in [2.45, 2.75) is 44.6 Å². The SMILES string of the molecule is O=CCCCC1CCCC1O. The van der Waals surface area contributed by atoms with Crippen LogP contribution in [0, 0.1) is 5.92 Å². The molecule has 2 atom stereocenters. The third-order valence-electron chi connectivity index (χ3n) is 2.52. The van der Waals surface area contributed by atoms with E-state index >= 15 is 0 Å². The normalized spacial score (nSPS) is 30.6. The van der Waals surface area contributed by atoms with Gasteiger partial charge in [0.05, 0.1) is 6.10 Å². The summed E-state index contributed by atoms with van der Waals surface area (Å²) >= 11 is 0. The van der Waals surface area contributed by atoms with Gasteiger partial charge < -0.3 is 9.90 Å². The average molecular weight is 156 g/mol. The van der Waals surface area contributed by atoms with E-state index in [0.29, 0.717) is 12.3 Å². The maximum atomic E-state index is 10.00. The second-order valence-corrected chi connectivity index (χ2v) is 3.36. The number of aldehydes is 1. The molecule has 64 valence electrons. The van der Waals surface area contributed by atoms with Gasteiger partial charge in [-0.3, -0.25) is 0 Å². The first kappa shape index (κ1) is 8.72. The summed E-state index contributed by atoms with van der Waals surface area (Å²) < 4.78 is 0. The van der Waals surface area contributed by atoms with Gasteiger partial charge in [-0.1, -0.05) is 6.42 Å². The lowest BCUT2D eigenvalue weighted by Gasteiger charge is -2.12. The van der Waals surface area contributed by atoms with Gasteiger partial charge in [0.25, 0.3) is 0 Å². The van der Waals surface area contributed by atoms with Gasteiger partial charge in [-0.05, 0) is 31.6 Å². The number of rotatable bonds is 4. The summed E-state index contributed by atoms with van der Waals surface area (Å²) in [7, 11) is 0. The van der Waals surface area contributed by atoms with Gasteiger partial charge in [-0.2, -0.15) is 0 Å². The number of carbonyl (C=O) groups excluding carboxylic acids is 1. The summed E-state index contributed by atoms with van der Waals surface area (Å²) in [5, 5.41) is 9.40. The van der Waals surface area contributed by atoms with Gasteiger partial charge >= 0.3 is 0 Å². The average Bonchev–Trinajstić information content (AvgIpc) is 2.37. The molecule has 0 amide bonds. The Labute approximate surface area is 67.6 Å². The molecule has 0 heterocycles. The van der Waals surface area contributed by atoms with E-state index in [1.807, 2.05) is 0 Å². The van der Waals surface area contributed by atoms with Crippen molar-refractivity contribution in [2.24, 2.45) is 5.92 Å². The zero-order chi connectivity index (χ0) is 8.10. The fraction of sp³-hybridized carbons (Fsp3) is 0.889. The maximum Gasteiger partial charge on any atom is 0.119 e. The molecule has 1 fully saturated rings. The Hall–Kier alpha value is -0.370. The van der Waals surface area contributed by atoms with Crippen LogP contribution in [0.1, 0.15) is 38.5 Å². The molecule has 0 saturated heterocycles. The van der Waals surface area contributed by atoms with Crippen molar-refractivity contribution in [3.63, 3.8) is 0 Å². The molecule has 2 heteroatoms. The van der Waals surface area contributed by atoms with Crippen LogP contribution in [0.25, 0.3) is 0 Å². The molecule has 0 spiro atoms. The molecule has 2 nitrogen and oxygen atoms in total. The minimum absolute atomic E-state index is 0.0818. The van der Waals surface area contributed by atoms with Gasteiger partial charge in [0.15, 0.2) is 0 Å². The fourth-order valence-corrected chi connectivity index (χ4v) is 1.82. The van der Waals surface area contributed by atoms with Crippen LogP contribution in [-0.4, -0.2) is 17.5 Å². The minimum Gasteiger partial charge on any atom is -0.393 e. The van der Waals surface area contributed by atoms with E-state index in [9.17, 15) is 9.90 Å². The van der Waals surface area contributed by atoms with E-state index in [0.717, 1.165) is 38.4 Å². The number of carbonyl (C=O) groups is 1. The molecule has 1 rings (SSSR count). The van der Waals surface area contributed by atoms with Crippen LogP contribution in [0.4, 0.5) is 0 Å². The summed E-state index contributed by atoms with van der Waals surface area (Å²) in [6.07, 6.45) is 6.79. The molecule has 0 aliphatic heterocycles. The van der Waals surface area contributed by atoms with E-state index in [1.54, 1.807) is 0 Å². The van der Waals surface area contributed by atoms with E-state index in [1.165, 1.54) is 0 Å². The van der Waals surface area contributed by atoms with Crippen molar-refractivity contribution in [1.29, 1.82) is 0 Å². The Bertz CT molecular complexity index is 123.